The lowest BCUT2D eigenvalue weighted by molar-refractivity contribution is 1.10. The van der Waals surface area contributed by atoms with Crippen molar-refractivity contribution in [3.8, 4) is 22.9 Å². The van der Waals surface area contributed by atoms with E-state index >= 15 is 0 Å². The number of aromatic nitrogens is 3. The van der Waals surface area contributed by atoms with E-state index in [4.69, 9.17) is 9.97 Å². The van der Waals surface area contributed by atoms with Gasteiger partial charge < -0.3 is 5.32 Å². The monoisotopic (exact) mass is 408 g/mol. The molecule has 2 aromatic heterocycles. The third-order valence-electron chi connectivity index (χ3n) is 4.52. The van der Waals surface area contributed by atoms with Crippen molar-refractivity contribution in [3.05, 3.63) is 84.2 Å². The van der Waals surface area contributed by atoms with E-state index in [9.17, 15) is 0 Å². The normalized spacial score (nSPS) is 11.0. The van der Waals surface area contributed by atoms with Gasteiger partial charge in [0.05, 0.1) is 5.52 Å². The molecule has 0 aliphatic carbocycles. The Labute approximate surface area is 178 Å². The highest BCUT2D eigenvalue weighted by Gasteiger charge is 2.11. The number of hydrogen-bond donors (Lipinski definition) is 1. The number of nitrogens with zero attached hydrogens (tertiary/aromatic N) is 3. The van der Waals surface area contributed by atoms with Crippen LogP contribution in [0.5, 0.6) is 0 Å². The van der Waals surface area contributed by atoms with Crippen molar-refractivity contribution in [2.75, 3.05) is 5.32 Å². The largest absolute Gasteiger partial charge is 0.365 e. The van der Waals surface area contributed by atoms with Crippen LogP contribution in [-0.4, -0.2) is 23.0 Å². The topological polar surface area (TPSA) is 50.7 Å². The Balaban J connectivity index is 1.79. The van der Waals surface area contributed by atoms with Crippen molar-refractivity contribution in [2.45, 2.75) is 26.2 Å². The Bertz CT molecular complexity index is 1220. The van der Waals surface area contributed by atoms with E-state index < -0.39 is 8.07 Å². The van der Waals surface area contributed by atoms with Crippen LogP contribution in [0, 0.1) is 11.5 Å². The Morgan fingerprint density at radius 3 is 2.40 bits per heavy atom. The summed E-state index contributed by atoms with van der Waals surface area (Å²) in [4.78, 5) is 13.7. The molecule has 0 aliphatic heterocycles. The Morgan fingerprint density at radius 1 is 0.900 bits per heavy atom. The van der Waals surface area contributed by atoms with Crippen molar-refractivity contribution in [1.82, 2.24) is 15.0 Å². The molecule has 1 N–H and O–H groups in total. The van der Waals surface area contributed by atoms with Gasteiger partial charge in [0.1, 0.15) is 13.9 Å². The summed E-state index contributed by atoms with van der Waals surface area (Å²) in [5.41, 5.74) is 7.47. The molecule has 0 saturated heterocycles. The number of rotatable bonds is 4. The summed E-state index contributed by atoms with van der Waals surface area (Å²) in [7, 11) is -1.45. The van der Waals surface area contributed by atoms with Crippen LogP contribution in [0.2, 0.25) is 19.6 Å². The fourth-order valence-corrected chi connectivity index (χ4v) is 3.53. The van der Waals surface area contributed by atoms with Crippen LogP contribution in [0.25, 0.3) is 22.3 Å². The van der Waals surface area contributed by atoms with Crippen molar-refractivity contribution in [1.29, 1.82) is 0 Å². The molecular weight excluding hydrogens is 384 g/mol. The molecule has 0 aliphatic rings. The van der Waals surface area contributed by atoms with E-state index in [2.05, 4.69) is 59.6 Å². The average molecular weight is 409 g/mol. The molecule has 0 atom stereocenters. The van der Waals surface area contributed by atoms with Gasteiger partial charge >= 0.3 is 0 Å². The molecule has 2 aromatic carbocycles. The number of benzene rings is 2. The molecule has 4 nitrogen and oxygen atoms in total. The van der Waals surface area contributed by atoms with E-state index in [0.717, 1.165) is 27.8 Å². The standard InChI is InChI=1S/C25H24N4Si/c1-30(2,3)16-13-19-9-10-23-22(17-19)25(27-18-20-7-5-4-6-8-20)29-24(28-23)21-11-14-26-15-12-21/h4-12,14-15,17H,18H2,1-3H3,(H,27,28,29). The molecule has 148 valence electrons. The van der Waals surface area contributed by atoms with Crippen molar-refractivity contribution in [3.63, 3.8) is 0 Å². The molecule has 4 rings (SSSR count). The first kappa shape index (κ1) is 19.8. The number of pyridine rings is 1. The molecule has 0 radical (unpaired) electrons. The molecule has 0 bridgehead atoms. The first-order chi connectivity index (χ1) is 14.5. The van der Waals surface area contributed by atoms with Crippen molar-refractivity contribution >= 4 is 24.8 Å². The van der Waals surface area contributed by atoms with E-state index in [1.165, 1.54) is 5.56 Å². The lowest BCUT2D eigenvalue weighted by Crippen LogP contribution is -2.16. The SMILES string of the molecule is C[Si](C)(C)C#Cc1ccc2nc(-c3ccncc3)nc(NCc3ccccc3)c2c1. The van der Waals surface area contributed by atoms with E-state index in [0.29, 0.717) is 12.4 Å². The fraction of sp³-hybridized carbons (Fsp3) is 0.160. The van der Waals surface area contributed by atoms with Gasteiger partial charge in [-0.05, 0) is 35.9 Å². The zero-order valence-corrected chi connectivity index (χ0v) is 18.5. The maximum Gasteiger partial charge on any atom is 0.162 e. The maximum absolute atomic E-state index is 4.85. The van der Waals surface area contributed by atoms with Gasteiger partial charge in [-0.15, -0.1) is 5.54 Å². The van der Waals surface area contributed by atoms with Gasteiger partial charge in [-0.2, -0.15) is 0 Å². The van der Waals surface area contributed by atoms with Gasteiger partial charge in [0.15, 0.2) is 5.82 Å². The Hall–Kier alpha value is -3.49. The smallest absolute Gasteiger partial charge is 0.162 e. The van der Waals surface area contributed by atoms with Crippen molar-refractivity contribution < 1.29 is 0 Å². The van der Waals surface area contributed by atoms with Gasteiger partial charge in [0, 0.05) is 35.5 Å². The van der Waals surface area contributed by atoms with Crippen LogP contribution in [0.4, 0.5) is 5.82 Å². The predicted molar refractivity (Wildman–Crippen MR) is 127 cm³/mol. The summed E-state index contributed by atoms with van der Waals surface area (Å²) in [6.45, 7) is 7.43. The molecule has 0 amide bonds. The highest BCUT2D eigenvalue weighted by Crippen LogP contribution is 2.26. The Morgan fingerprint density at radius 2 is 1.67 bits per heavy atom. The molecule has 30 heavy (non-hydrogen) atoms. The van der Waals surface area contributed by atoms with Gasteiger partial charge in [0.2, 0.25) is 0 Å². The van der Waals surface area contributed by atoms with Crippen LogP contribution in [0.15, 0.2) is 73.1 Å². The number of hydrogen-bond acceptors (Lipinski definition) is 4. The second-order valence-corrected chi connectivity index (χ2v) is 13.0. The number of fused-ring (bicyclic) bond motifs is 1. The third-order valence-corrected chi connectivity index (χ3v) is 5.39. The minimum Gasteiger partial charge on any atom is -0.365 e. The fourth-order valence-electron chi connectivity index (χ4n) is 3.01. The Kier molecular flexibility index (Phi) is 5.60. The summed E-state index contributed by atoms with van der Waals surface area (Å²) in [6, 6.07) is 20.3. The average Bonchev–Trinajstić information content (AvgIpc) is 2.76. The summed E-state index contributed by atoms with van der Waals surface area (Å²) in [5, 5.41) is 4.49. The van der Waals surface area contributed by atoms with E-state index in [-0.39, 0.29) is 0 Å². The van der Waals surface area contributed by atoms with Crippen LogP contribution in [0.3, 0.4) is 0 Å². The molecule has 0 unspecified atom stereocenters. The lowest BCUT2D eigenvalue weighted by Gasteiger charge is -2.12. The molecule has 2 heterocycles. The minimum atomic E-state index is -1.45. The van der Waals surface area contributed by atoms with Gasteiger partial charge in [-0.25, -0.2) is 9.97 Å². The summed E-state index contributed by atoms with van der Waals surface area (Å²) in [5.74, 6) is 4.84. The quantitative estimate of drug-likeness (QED) is 0.356. The van der Waals surface area contributed by atoms with Gasteiger partial charge in [-0.1, -0.05) is 55.9 Å². The van der Waals surface area contributed by atoms with E-state index in [1.54, 1.807) is 12.4 Å². The molecule has 5 heteroatoms. The van der Waals surface area contributed by atoms with Gasteiger partial charge in [-0.3, -0.25) is 4.98 Å². The highest BCUT2D eigenvalue weighted by molar-refractivity contribution is 6.83. The lowest BCUT2D eigenvalue weighted by atomic mass is 10.1. The maximum atomic E-state index is 4.85. The van der Waals surface area contributed by atoms with Crippen LogP contribution in [-0.2, 0) is 6.54 Å². The first-order valence-corrected chi connectivity index (χ1v) is 13.5. The zero-order chi connectivity index (χ0) is 21.0. The second kappa shape index (κ2) is 8.48. The highest BCUT2D eigenvalue weighted by atomic mass is 28.3. The van der Waals surface area contributed by atoms with Crippen molar-refractivity contribution in [2.24, 2.45) is 0 Å². The van der Waals surface area contributed by atoms with E-state index in [1.807, 2.05) is 42.5 Å². The van der Waals surface area contributed by atoms with Crippen LogP contribution < -0.4 is 5.32 Å². The zero-order valence-electron chi connectivity index (χ0n) is 17.5. The molecule has 0 saturated carbocycles. The predicted octanol–water partition coefficient (Wildman–Crippen LogP) is 5.53. The molecule has 0 spiro atoms. The van der Waals surface area contributed by atoms with Crippen LogP contribution in [0.1, 0.15) is 11.1 Å². The van der Waals surface area contributed by atoms with Crippen LogP contribution >= 0.6 is 0 Å². The summed E-state index contributed by atoms with van der Waals surface area (Å²) in [6.07, 6.45) is 3.52. The van der Waals surface area contributed by atoms with Gasteiger partial charge in [0.25, 0.3) is 0 Å². The summed E-state index contributed by atoms with van der Waals surface area (Å²) < 4.78 is 0. The molecular formula is C25H24N4Si. The summed E-state index contributed by atoms with van der Waals surface area (Å²) >= 11 is 0. The molecule has 0 fully saturated rings. The minimum absolute atomic E-state index is 0.682. The number of nitrogens with one attached hydrogen (secondary N) is 1. The number of anilines is 1. The first-order valence-electron chi connectivity index (χ1n) is 10.0. The third kappa shape index (κ3) is 4.91. The second-order valence-electron chi connectivity index (χ2n) is 8.20. The molecule has 4 aromatic rings.